The van der Waals surface area contributed by atoms with E-state index in [0.717, 1.165) is 17.7 Å². The SMILES string of the molecule is CC(C)c1ccccc1NC(=O)c1ccnc(Nc2ccc(F)c(F)c2)n1. The normalized spacial score (nSPS) is 10.7. The zero-order chi connectivity index (χ0) is 19.4. The summed E-state index contributed by atoms with van der Waals surface area (Å²) < 4.78 is 26.3. The molecule has 138 valence electrons. The summed E-state index contributed by atoms with van der Waals surface area (Å²) in [4.78, 5) is 20.7. The number of amides is 1. The molecule has 2 aromatic carbocycles. The number of halogens is 2. The molecule has 1 amide bonds. The molecule has 0 aliphatic rings. The number of hydrogen-bond donors (Lipinski definition) is 2. The van der Waals surface area contributed by atoms with Crippen molar-refractivity contribution in [1.29, 1.82) is 0 Å². The highest BCUT2D eigenvalue weighted by Gasteiger charge is 2.13. The van der Waals surface area contributed by atoms with E-state index in [-0.39, 0.29) is 29.2 Å². The van der Waals surface area contributed by atoms with Crippen molar-refractivity contribution in [3.63, 3.8) is 0 Å². The number of anilines is 3. The molecule has 0 aliphatic heterocycles. The summed E-state index contributed by atoms with van der Waals surface area (Å²) in [5.74, 6) is -1.97. The number of nitrogens with one attached hydrogen (secondary N) is 2. The molecule has 1 aromatic heterocycles. The Bertz CT molecular complexity index is 976. The first-order chi connectivity index (χ1) is 12.9. The van der Waals surface area contributed by atoms with Crippen LogP contribution in [0, 0.1) is 11.6 Å². The first-order valence-electron chi connectivity index (χ1n) is 8.39. The molecule has 2 N–H and O–H groups in total. The van der Waals surface area contributed by atoms with Gasteiger partial charge in [-0.2, -0.15) is 0 Å². The molecule has 0 radical (unpaired) electrons. The van der Waals surface area contributed by atoms with Crippen LogP contribution in [0.15, 0.2) is 54.7 Å². The van der Waals surface area contributed by atoms with E-state index in [2.05, 4.69) is 20.6 Å². The molecule has 0 spiro atoms. The molecule has 0 fully saturated rings. The van der Waals surface area contributed by atoms with Crippen molar-refractivity contribution in [3.05, 3.63) is 77.6 Å². The first-order valence-corrected chi connectivity index (χ1v) is 8.39. The predicted molar refractivity (Wildman–Crippen MR) is 100 cm³/mol. The fraction of sp³-hybridized carbons (Fsp3) is 0.150. The molecule has 0 saturated carbocycles. The number of carbonyl (C=O) groups is 1. The zero-order valence-electron chi connectivity index (χ0n) is 14.8. The number of nitrogens with zero attached hydrogens (tertiary/aromatic N) is 2. The largest absolute Gasteiger partial charge is 0.324 e. The molecule has 1 heterocycles. The van der Waals surface area contributed by atoms with Crippen molar-refractivity contribution in [2.24, 2.45) is 0 Å². The standard InChI is InChI=1S/C20H18F2N4O/c1-12(2)14-5-3-4-6-17(14)25-19(27)18-9-10-23-20(26-18)24-13-7-8-15(21)16(22)11-13/h3-12H,1-2H3,(H,25,27)(H,23,24,26). The van der Waals surface area contributed by atoms with Gasteiger partial charge in [0.2, 0.25) is 5.95 Å². The Morgan fingerprint density at radius 2 is 1.81 bits per heavy atom. The minimum absolute atomic E-state index is 0.103. The molecule has 7 heteroatoms. The number of rotatable bonds is 5. The van der Waals surface area contributed by atoms with Gasteiger partial charge in [0.1, 0.15) is 5.69 Å². The lowest BCUT2D eigenvalue weighted by Crippen LogP contribution is -2.16. The molecule has 0 bridgehead atoms. The van der Waals surface area contributed by atoms with Gasteiger partial charge in [-0.05, 0) is 35.7 Å². The van der Waals surface area contributed by atoms with Gasteiger partial charge in [-0.3, -0.25) is 4.79 Å². The average Bonchev–Trinajstić information content (AvgIpc) is 2.65. The van der Waals surface area contributed by atoms with Gasteiger partial charge in [0.25, 0.3) is 5.91 Å². The quantitative estimate of drug-likeness (QED) is 0.674. The Hall–Kier alpha value is -3.35. The van der Waals surface area contributed by atoms with E-state index >= 15 is 0 Å². The summed E-state index contributed by atoms with van der Waals surface area (Å²) in [7, 11) is 0. The lowest BCUT2D eigenvalue weighted by Gasteiger charge is -2.13. The van der Waals surface area contributed by atoms with Crippen molar-refractivity contribution in [2.75, 3.05) is 10.6 Å². The highest BCUT2D eigenvalue weighted by Crippen LogP contribution is 2.24. The number of benzene rings is 2. The Morgan fingerprint density at radius 1 is 1.04 bits per heavy atom. The van der Waals surface area contributed by atoms with Crippen LogP contribution in [0.25, 0.3) is 0 Å². The van der Waals surface area contributed by atoms with Gasteiger partial charge in [-0.1, -0.05) is 32.0 Å². The maximum Gasteiger partial charge on any atom is 0.274 e. The average molecular weight is 368 g/mol. The van der Waals surface area contributed by atoms with Gasteiger partial charge >= 0.3 is 0 Å². The summed E-state index contributed by atoms with van der Waals surface area (Å²) in [5.41, 5.74) is 2.15. The van der Waals surface area contributed by atoms with Gasteiger partial charge in [-0.25, -0.2) is 18.7 Å². The van der Waals surface area contributed by atoms with E-state index in [0.29, 0.717) is 5.69 Å². The van der Waals surface area contributed by atoms with E-state index in [1.54, 1.807) is 0 Å². The molecule has 27 heavy (non-hydrogen) atoms. The number of carbonyl (C=O) groups excluding carboxylic acids is 1. The smallest absolute Gasteiger partial charge is 0.274 e. The molecule has 5 nitrogen and oxygen atoms in total. The van der Waals surface area contributed by atoms with E-state index in [1.807, 2.05) is 38.1 Å². The maximum atomic E-state index is 13.3. The van der Waals surface area contributed by atoms with Crippen LogP contribution in [0.2, 0.25) is 0 Å². The van der Waals surface area contributed by atoms with Crippen LogP contribution in [0.1, 0.15) is 35.8 Å². The highest BCUT2D eigenvalue weighted by molar-refractivity contribution is 6.03. The monoisotopic (exact) mass is 368 g/mol. The maximum absolute atomic E-state index is 13.3. The minimum Gasteiger partial charge on any atom is -0.324 e. The Kier molecular flexibility index (Phi) is 5.40. The van der Waals surface area contributed by atoms with Crippen LogP contribution in [-0.4, -0.2) is 15.9 Å². The van der Waals surface area contributed by atoms with E-state index < -0.39 is 11.6 Å². The lowest BCUT2D eigenvalue weighted by molar-refractivity contribution is 0.102. The van der Waals surface area contributed by atoms with Crippen molar-refractivity contribution in [2.45, 2.75) is 19.8 Å². The number of para-hydroxylation sites is 1. The van der Waals surface area contributed by atoms with Crippen LogP contribution in [0.3, 0.4) is 0 Å². The molecule has 3 aromatic rings. The van der Waals surface area contributed by atoms with Gasteiger partial charge < -0.3 is 10.6 Å². The van der Waals surface area contributed by atoms with E-state index in [1.165, 1.54) is 18.3 Å². The van der Waals surface area contributed by atoms with E-state index in [4.69, 9.17) is 0 Å². The summed E-state index contributed by atoms with van der Waals surface area (Å²) in [6, 6.07) is 12.4. The topological polar surface area (TPSA) is 66.9 Å². The third-order valence-electron chi connectivity index (χ3n) is 3.89. The van der Waals surface area contributed by atoms with Crippen molar-refractivity contribution in [3.8, 4) is 0 Å². The van der Waals surface area contributed by atoms with Crippen molar-refractivity contribution < 1.29 is 13.6 Å². The predicted octanol–water partition coefficient (Wildman–Crippen LogP) is 4.87. The molecule has 3 rings (SSSR count). The summed E-state index contributed by atoms with van der Waals surface area (Å²) >= 11 is 0. The second-order valence-electron chi connectivity index (χ2n) is 6.22. The minimum atomic E-state index is -0.987. The molecule has 0 saturated heterocycles. The third-order valence-corrected chi connectivity index (χ3v) is 3.89. The third kappa shape index (κ3) is 4.44. The number of hydrogen-bond acceptors (Lipinski definition) is 4. The second-order valence-corrected chi connectivity index (χ2v) is 6.22. The molecule has 0 unspecified atom stereocenters. The summed E-state index contributed by atoms with van der Waals surface area (Å²) in [6.45, 7) is 4.08. The molecule has 0 aliphatic carbocycles. The number of aromatic nitrogens is 2. The van der Waals surface area contributed by atoms with Gasteiger partial charge in [0.05, 0.1) is 0 Å². The second kappa shape index (κ2) is 7.90. The van der Waals surface area contributed by atoms with Gasteiger partial charge in [-0.15, -0.1) is 0 Å². The Labute approximate surface area is 155 Å². The van der Waals surface area contributed by atoms with Crippen LogP contribution in [0.5, 0.6) is 0 Å². The van der Waals surface area contributed by atoms with Crippen molar-refractivity contribution in [1.82, 2.24) is 9.97 Å². The first kappa shape index (κ1) is 18.4. The van der Waals surface area contributed by atoms with Crippen LogP contribution >= 0.6 is 0 Å². The highest BCUT2D eigenvalue weighted by atomic mass is 19.2. The fourth-order valence-electron chi connectivity index (χ4n) is 2.55. The van der Waals surface area contributed by atoms with Crippen LogP contribution in [0.4, 0.5) is 26.1 Å². The van der Waals surface area contributed by atoms with Gasteiger partial charge in [0, 0.05) is 23.6 Å². The summed E-state index contributed by atoms with van der Waals surface area (Å²) in [6.07, 6.45) is 1.42. The lowest BCUT2D eigenvalue weighted by atomic mass is 10.0. The molecule has 0 atom stereocenters. The fourth-order valence-corrected chi connectivity index (χ4v) is 2.55. The van der Waals surface area contributed by atoms with Crippen LogP contribution in [-0.2, 0) is 0 Å². The Morgan fingerprint density at radius 3 is 2.56 bits per heavy atom. The molecular weight excluding hydrogens is 350 g/mol. The van der Waals surface area contributed by atoms with E-state index in [9.17, 15) is 13.6 Å². The molecular formula is C20H18F2N4O. The zero-order valence-corrected chi connectivity index (χ0v) is 14.8. The van der Waals surface area contributed by atoms with Crippen LogP contribution < -0.4 is 10.6 Å². The van der Waals surface area contributed by atoms with Crippen molar-refractivity contribution >= 4 is 23.2 Å². The van der Waals surface area contributed by atoms with Gasteiger partial charge in [0.15, 0.2) is 11.6 Å². The Balaban J connectivity index is 1.79. The summed E-state index contributed by atoms with van der Waals surface area (Å²) in [5, 5.41) is 5.60.